The van der Waals surface area contributed by atoms with Crippen LogP contribution in [-0.2, 0) is 17.8 Å². The van der Waals surface area contributed by atoms with Crippen molar-refractivity contribution in [2.75, 3.05) is 19.7 Å². The van der Waals surface area contributed by atoms with Gasteiger partial charge in [0.2, 0.25) is 0 Å². The number of benzene rings is 1. The summed E-state index contributed by atoms with van der Waals surface area (Å²) in [5, 5.41) is 13.6. The van der Waals surface area contributed by atoms with E-state index in [1.807, 2.05) is 42.8 Å². The molecule has 6 nitrogen and oxygen atoms in total. The highest BCUT2D eigenvalue weighted by molar-refractivity contribution is 5.37. The van der Waals surface area contributed by atoms with Gasteiger partial charge in [-0.3, -0.25) is 4.90 Å². The standard InChI is InChI=1S/C17H21N5O/c1-13-19-14(2)22(20-13)12-17-11-21(7-8-23-17)10-16-6-4-3-5-15(16)9-18/h3-6,17H,7-8,10-12H2,1-2H3. The second kappa shape index (κ2) is 6.90. The first-order valence-corrected chi connectivity index (χ1v) is 7.85. The van der Waals surface area contributed by atoms with E-state index in [1.54, 1.807) is 0 Å². The molecule has 1 atom stereocenters. The van der Waals surface area contributed by atoms with E-state index in [9.17, 15) is 5.26 Å². The van der Waals surface area contributed by atoms with Crippen molar-refractivity contribution in [2.45, 2.75) is 33.0 Å². The predicted molar refractivity (Wildman–Crippen MR) is 85.7 cm³/mol. The molecule has 0 radical (unpaired) electrons. The second-order valence-corrected chi connectivity index (χ2v) is 5.89. The molecule has 120 valence electrons. The molecule has 0 amide bonds. The quantitative estimate of drug-likeness (QED) is 0.859. The summed E-state index contributed by atoms with van der Waals surface area (Å²) in [7, 11) is 0. The summed E-state index contributed by atoms with van der Waals surface area (Å²) in [5.41, 5.74) is 1.82. The molecular weight excluding hydrogens is 290 g/mol. The highest BCUT2D eigenvalue weighted by Crippen LogP contribution is 2.15. The lowest BCUT2D eigenvalue weighted by Crippen LogP contribution is -2.44. The maximum absolute atomic E-state index is 9.22. The fraction of sp³-hybridized carbons (Fsp3) is 0.471. The normalized spacial score (nSPS) is 18.7. The Morgan fingerprint density at radius 1 is 1.35 bits per heavy atom. The van der Waals surface area contributed by atoms with E-state index in [1.165, 1.54) is 0 Å². The van der Waals surface area contributed by atoms with Gasteiger partial charge in [-0.25, -0.2) is 9.67 Å². The summed E-state index contributed by atoms with van der Waals surface area (Å²) >= 11 is 0. The number of aryl methyl sites for hydroxylation is 2. The fourth-order valence-electron chi connectivity index (χ4n) is 2.97. The molecule has 0 aliphatic carbocycles. The Balaban J connectivity index is 1.64. The number of rotatable bonds is 4. The fourth-order valence-corrected chi connectivity index (χ4v) is 2.97. The van der Waals surface area contributed by atoms with Crippen LogP contribution in [0, 0.1) is 25.2 Å². The smallest absolute Gasteiger partial charge is 0.147 e. The van der Waals surface area contributed by atoms with Crippen LogP contribution < -0.4 is 0 Å². The number of ether oxygens (including phenoxy) is 1. The van der Waals surface area contributed by atoms with Gasteiger partial charge in [0.1, 0.15) is 11.6 Å². The van der Waals surface area contributed by atoms with Gasteiger partial charge >= 0.3 is 0 Å². The van der Waals surface area contributed by atoms with Crippen LogP contribution in [0.25, 0.3) is 0 Å². The molecule has 2 heterocycles. The molecule has 6 heteroatoms. The van der Waals surface area contributed by atoms with Crippen LogP contribution in [0.2, 0.25) is 0 Å². The van der Waals surface area contributed by atoms with Crippen LogP contribution in [0.1, 0.15) is 22.8 Å². The summed E-state index contributed by atoms with van der Waals surface area (Å²) in [6.07, 6.45) is 0.0952. The maximum Gasteiger partial charge on any atom is 0.147 e. The van der Waals surface area contributed by atoms with E-state index >= 15 is 0 Å². The first-order chi connectivity index (χ1) is 11.2. The molecular formula is C17H21N5O. The van der Waals surface area contributed by atoms with E-state index in [4.69, 9.17) is 4.74 Å². The van der Waals surface area contributed by atoms with Gasteiger partial charge in [-0.1, -0.05) is 18.2 Å². The number of nitriles is 1. The number of morpholine rings is 1. The molecule has 1 aromatic carbocycles. The number of hydrogen-bond acceptors (Lipinski definition) is 5. The van der Waals surface area contributed by atoms with Gasteiger partial charge in [0, 0.05) is 19.6 Å². The number of aromatic nitrogens is 3. The predicted octanol–water partition coefficient (Wildman–Crippen LogP) is 1.67. The third-order valence-electron chi connectivity index (χ3n) is 4.09. The highest BCUT2D eigenvalue weighted by Gasteiger charge is 2.22. The molecule has 0 spiro atoms. The van der Waals surface area contributed by atoms with Crippen LogP contribution in [0.15, 0.2) is 24.3 Å². The molecule has 23 heavy (non-hydrogen) atoms. The summed E-state index contributed by atoms with van der Waals surface area (Å²) in [4.78, 5) is 6.67. The van der Waals surface area contributed by atoms with Gasteiger partial charge in [-0.05, 0) is 25.5 Å². The Hall–Kier alpha value is -2.23. The van der Waals surface area contributed by atoms with E-state index in [-0.39, 0.29) is 6.10 Å². The van der Waals surface area contributed by atoms with Crippen LogP contribution >= 0.6 is 0 Å². The van der Waals surface area contributed by atoms with E-state index in [0.717, 1.165) is 42.4 Å². The maximum atomic E-state index is 9.22. The van der Waals surface area contributed by atoms with Crippen molar-refractivity contribution in [2.24, 2.45) is 0 Å². The van der Waals surface area contributed by atoms with Crippen LogP contribution in [0.5, 0.6) is 0 Å². The zero-order chi connectivity index (χ0) is 16.2. The lowest BCUT2D eigenvalue weighted by atomic mass is 10.1. The minimum Gasteiger partial charge on any atom is -0.374 e. The van der Waals surface area contributed by atoms with Crippen molar-refractivity contribution in [1.29, 1.82) is 5.26 Å². The van der Waals surface area contributed by atoms with Crippen LogP contribution in [-0.4, -0.2) is 45.5 Å². The molecule has 1 unspecified atom stereocenters. The second-order valence-electron chi connectivity index (χ2n) is 5.89. The van der Waals surface area contributed by atoms with Crippen molar-refractivity contribution in [3.63, 3.8) is 0 Å². The number of hydrogen-bond donors (Lipinski definition) is 0. The Labute approximate surface area is 136 Å². The molecule has 3 rings (SSSR count). The van der Waals surface area contributed by atoms with E-state index < -0.39 is 0 Å². The molecule has 0 saturated carbocycles. The van der Waals surface area contributed by atoms with Gasteiger partial charge in [0.05, 0.1) is 30.9 Å². The topological polar surface area (TPSA) is 67.0 Å². The third kappa shape index (κ3) is 3.76. The van der Waals surface area contributed by atoms with Gasteiger partial charge < -0.3 is 4.74 Å². The Kier molecular flexibility index (Phi) is 4.70. The monoisotopic (exact) mass is 311 g/mol. The Morgan fingerprint density at radius 2 is 2.17 bits per heavy atom. The van der Waals surface area contributed by atoms with E-state index in [2.05, 4.69) is 21.1 Å². The average molecular weight is 311 g/mol. The summed E-state index contributed by atoms with van der Waals surface area (Å²) in [6, 6.07) is 10.0. The van der Waals surface area contributed by atoms with Crippen molar-refractivity contribution in [1.82, 2.24) is 19.7 Å². The first kappa shape index (κ1) is 15.7. The van der Waals surface area contributed by atoms with Gasteiger partial charge in [0.25, 0.3) is 0 Å². The molecule has 1 saturated heterocycles. The lowest BCUT2D eigenvalue weighted by molar-refractivity contribution is -0.0405. The van der Waals surface area contributed by atoms with Crippen LogP contribution in [0.4, 0.5) is 0 Å². The molecule has 0 bridgehead atoms. The van der Waals surface area contributed by atoms with Crippen molar-refractivity contribution in [3.05, 3.63) is 47.0 Å². The lowest BCUT2D eigenvalue weighted by Gasteiger charge is -2.33. The van der Waals surface area contributed by atoms with Crippen molar-refractivity contribution in [3.8, 4) is 6.07 Å². The van der Waals surface area contributed by atoms with Gasteiger partial charge in [0.15, 0.2) is 0 Å². The zero-order valence-electron chi connectivity index (χ0n) is 13.6. The van der Waals surface area contributed by atoms with Crippen molar-refractivity contribution >= 4 is 0 Å². The molecule has 1 aliphatic heterocycles. The highest BCUT2D eigenvalue weighted by atomic mass is 16.5. The molecule has 0 N–H and O–H groups in total. The largest absolute Gasteiger partial charge is 0.374 e. The van der Waals surface area contributed by atoms with E-state index in [0.29, 0.717) is 13.2 Å². The SMILES string of the molecule is Cc1nc(C)n(CC2CN(Cc3ccccc3C#N)CCO2)n1. The summed E-state index contributed by atoms with van der Waals surface area (Å²) in [6.45, 7) is 7.76. The van der Waals surface area contributed by atoms with Gasteiger partial charge in [-0.2, -0.15) is 10.4 Å². The third-order valence-corrected chi connectivity index (χ3v) is 4.09. The Bertz CT molecular complexity index is 718. The summed E-state index contributed by atoms with van der Waals surface area (Å²) < 4.78 is 7.78. The molecule has 1 fully saturated rings. The zero-order valence-corrected chi connectivity index (χ0v) is 13.6. The summed E-state index contributed by atoms with van der Waals surface area (Å²) in [5.74, 6) is 1.70. The minimum atomic E-state index is 0.0952. The van der Waals surface area contributed by atoms with Crippen molar-refractivity contribution < 1.29 is 4.74 Å². The number of nitrogens with zero attached hydrogens (tertiary/aromatic N) is 5. The van der Waals surface area contributed by atoms with Crippen LogP contribution in [0.3, 0.4) is 0 Å². The average Bonchev–Trinajstić information content (AvgIpc) is 2.86. The Morgan fingerprint density at radius 3 is 2.91 bits per heavy atom. The van der Waals surface area contributed by atoms with Gasteiger partial charge in [-0.15, -0.1) is 0 Å². The molecule has 1 aromatic heterocycles. The minimum absolute atomic E-state index is 0.0952. The first-order valence-electron chi connectivity index (χ1n) is 7.85. The molecule has 1 aliphatic rings. The molecule has 2 aromatic rings.